The van der Waals surface area contributed by atoms with Crippen molar-refractivity contribution in [3.63, 3.8) is 0 Å². The Bertz CT molecular complexity index is 830. The molecule has 5 nitrogen and oxygen atoms in total. The van der Waals surface area contributed by atoms with Crippen molar-refractivity contribution in [2.45, 2.75) is 39.3 Å². The summed E-state index contributed by atoms with van der Waals surface area (Å²) in [7, 11) is 1.63. The normalized spacial score (nSPS) is 14.9. The van der Waals surface area contributed by atoms with Gasteiger partial charge in [0.25, 0.3) is 5.91 Å². The smallest absolute Gasteiger partial charge is 0.251 e. The van der Waals surface area contributed by atoms with Gasteiger partial charge >= 0.3 is 0 Å². The highest BCUT2D eigenvalue weighted by atomic mass is 16.5. The van der Waals surface area contributed by atoms with Crippen LogP contribution in [0.4, 0.5) is 0 Å². The Morgan fingerprint density at radius 2 is 1.96 bits per heavy atom. The second kappa shape index (κ2) is 8.25. The molecule has 3 rings (SSSR count). The molecule has 0 unspecified atom stereocenters. The van der Waals surface area contributed by atoms with Gasteiger partial charge in [-0.1, -0.05) is 29.8 Å². The van der Waals surface area contributed by atoms with Crippen LogP contribution in [0.3, 0.4) is 0 Å². The van der Waals surface area contributed by atoms with Crippen LogP contribution in [0.5, 0.6) is 5.75 Å². The maximum Gasteiger partial charge on any atom is 0.251 e. The van der Waals surface area contributed by atoms with Gasteiger partial charge in [-0.15, -0.1) is 0 Å². The standard InChI is InChI=1S/C22H26N2O3/c1-15-6-11-20(27-3)19(13-15)16(2)23-22(26)18-9-7-17(8-10-18)14-24-12-4-5-21(24)25/h6-11,13,16H,4-5,12,14H2,1-3H3,(H,23,26)/t16-/m1/s1. The number of hydrogen-bond acceptors (Lipinski definition) is 3. The minimum absolute atomic E-state index is 0.130. The summed E-state index contributed by atoms with van der Waals surface area (Å²) < 4.78 is 5.41. The zero-order valence-electron chi connectivity index (χ0n) is 16.1. The van der Waals surface area contributed by atoms with Gasteiger partial charge in [-0.2, -0.15) is 0 Å². The molecular formula is C22H26N2O3. The second-order valence-corrected chi connectivity index (χ2v) is 7.06. The van der Waals surface area contributed by atoms with Crippen molar-refractivity contribution >= 4 is 11.8 Å². The predicted octanol–water partition coefficient (Wildman–Crippen LogP) is 3.62. The van der Waals surface area contributed by atoms with Crippen LogP contribution in [0.1, 0.15) is 52.9 Å². The Morgan fingerprint density at radius 1 is 1.22 bits per heavy atom. The van der Waals surface area contributed by atoms with E-state index in [1.165, 1.54) is 0 Å². The monoisotopic (exact) mass is 366 g/mol. The third-order valence-corrected chi connectivity index (χ3v) is 4.96. The van der Waals surface area contributed by atoms with Crippen LogP contribution in [0, 0.1) is 6.92 Å². The molecule has 1 heterocycles. The topological polar surface area (TPSA) is 58.6 Å². The molecule has 1 N–H and O–H groups in total. The molecule has 0 radical (unpaired) electrons. The number of nitrogens with one attached hydrogen (secondary N) is 1. The Balaban J connectivity index is 1.65. The lowest BCUT2D eigenvalue weighted by Gasteiger charge is -2.18. The van der Waals surface area contributed by atoms with Gasteiger partial charge in [0.15, 0.2) is 0 Å². The number of amides is 2. The molecule has 0 aromatic heterocycles. The van der Waals surface area contributed by atoms with Crippen LogP contribution >= 0.6 is 0 Å². The second-order valence-electron chi connectivity index (χ2n) is 7.06. The van der Waals surface area contributed by atoms with Gasteiger partial charge in [-0.05, 0) is 44.0 Å². The fraction of sp³-hybridized carbons (Fsp3) is 0.364. The Kier molecular flexibility index (Phi) is 5.79. The van der Waals surface area contributed by atoms with E-state index in [0.717, 1.165) is 35.4 Å². The molecule has 0 bridgehead atoms. The van der Waals surface area contributed by atoms with Crippen molar-refractivity contribution in [2.24, 2.45) is 0 Å². The first-order valence-corrected chi connectivity index (χ1v) is 9.30. The molecule has 27 heavy (non-hydrogen) atoms. The first kappa shape index (κ1) is 19.0. The number of nitrogens with zero attached hydrogens (tertiary/aromatic N) is 1. The van der Waals surface area contributed by atoms with Gasteiger partial charge in [0.1, 0.15) is 5.75 Å². The van der Waals surface area contributed by atoms with Crippen molar-refractivity contribution < 1.29 is 14.3 Å². The van der Waals surface area contributed by atoms with Crippen LogP contribution in [0.25, 0.3) is 0 Å². The van der Waals surface area contributed by atoms with Crippen molar-refractivity contribution in [3.05, 3.63) is 64.7 Å². The molecule has 0 spiro atoms. The molecule has 1 atom stereocenters. The quantitative estimate of drug-likeness (QED) is 0.849. The third-order valence-electron chi connectivity index (χ3n) is 4.96. The zero-order valence-corrected chi connectivity index (χ0v) is 16.1. The first-order valence-electron chi connectivity index (χ1n) is 9.30. The lowest BCUT2D eigenvalue weighted by atomic mass is 10.0. The lowest BCUT2D eigenvalue weighted by Crippen LogP contribution is -2.27. The van der Waals surface area contributed by atoms with Gasteiger partial charge in [-0.3, -0.25) is 9.59 Å². The highest BCUT2D eigenvalue weighted by molar-refractivity contribution is 5.94. The van der Waals surface area contributed by atoms with Crippen LogP contribution in [-0.4, -0.2) is 30.4 Å². The first-order chi connectivity index (χ1) is 13.0. The van der Waals surface area contributed by atoms with Gasteiger partial charge in [0.2, 0.25) is 5.91 Å². The summed E-state index contributed by atoms with van der Waals surface area (Å²) in [6.45, 7) is 5.39. The lowest BCUT2D eigenvalue weighted by molar-refractivity contribution is -0.128. The largest absolute Gasteiger partial charge is 0.496 e. The van der Waals surface area contributed by atoms with Crippen LogP contribution in [0.15, 0.2) is 42.5 Å². The summed E-state index contributed by atoms with van der Waals surface area (Å²) >= 11 is 0. The highest BCUT2D eigenvalue weighted by Gasteiger charge is 2.20. The van der Waals surface area contributed by atoms with Gasteiger partial charge in [0.05, 0.1) is 13.2 Å². The highest BCUT2D eigenvalue weighted by Crippen LogP contribution is 2.26. The van der Waals surface area contributed by atoms with Gasteiger partial charge in [0, 0.05) is 30.6 Å². The number of carbonyl (C=O) groups is 2. The Labute approximate surface area is 160 Å². The minimum Gasteiger partial charge on any atom is -0.496 e. The summed E-state index contributed by atoms with van der Waals surface area (Å²) in [6.07, 6.45) is 1.57. The number of rotatable bonds is 6. The summed E-state index contributed by atoms with van der Waals surface area (Å²) in [5.74, 6) is 0.839. The Morgan fingerprint density at radius 3 is 2.59 bits per heavy atom. The number of benzene rings is 2. The average Bonchev–Trinajstić information content (AvgIpc) is 3.06. The van der Waals surface area contributed by atoms with Gasteiger partial charge < -0.3 is 15.0 Å². The van der Waals surface area contributed by atoms with Crippen molar-refractivity contribution in [2.75, 3.05) is 13.7 Å². The van der Waals surface area contributed by atoms with Crippen LogP contribution in [-0.2, 0) is 11.3 Å². The fourth-order valence-electron chi connectivity index (χ4n) is 3.40. The summed E-state index contributed by atoms with van der Waals surface area (Å²) in [4.78, 5) is 26.2. The molecule has 5 heteroatoms. The van der Waals surface area contributed by atoms with E-state index in [9.17, 15) is 9.59 Å². The number of carbonyl (C=O) groups excluding carboxylic acids is 2. The maximum atomic E-state index is 12.6. The molecule has 1 saturated heterocycles. The number of ether oxygens (including phenoxy) is 1. The molecular weight excluding hydrogens is 340 g/mol. The molecule has 1 aliphatic heterocycles. The van der Waals surface area contributed by atoms with Crippen molar-refractivity contribution in [1.29, 1.82) is 0 Å². The molecule has 142 valence electrons. The zero-order chi connectivity index (χ0) is 19.4. The average molecular weight is 366 g/mol. The maximum absolute atomic E-state index is 12.6. The molecule has 2 aromatic rings. The number of likely N-dealkylation sites (tertiary alicyclic amines) is 1. The SMILES string of the molecule is COc1ccc(C)cc1[C@@H](C)NC(=O)c1ccc(CN2CCCC2=O)cc1. The number of hydrogen-bond donors (Lipinski definition) is 1. The van der Waals surface area contributed by atoms with E-state index in [2.05, 4.69) is 5.32 Å². The molecule has 0 saturated carbocycles. The number of aryl methyl sites for hydroxylation is 1. The Hall–Kier alpha value is -2.82. The van der Waals surface area contributed by atoms with Gasteiger partial charge in [-0.25, -0.2) is 0 Å². The summed E-state index contributed by atoms with van der Waals surface area (Å²) in [5, 5.41) is 3.03. The van der Waals surface area contributed by atoms with E-state index in [1.54, 1.807) is 7.11 Å². The van der Waals surface area contributed by atoms with E-state index < -0.39 is 0 Å². The summed E-state index contributed by atoms with van der Waals surface area (Å²) in [5.41, 5.74) is 3.71. The van der Waals surface area contributed by atoms with Crippen molar-refractivity contribution in [3.8, 4) is 5.75 Å². The fourth-order valence-corrected chi connectivity index (χ4v) is 3.40. The molecule has 2 amide bonds. The van der Waals surface area contributed by atoms with E-state index in [0.29, 0.717) is 18.5 Å². The van der Waals surface area contributed by atoms with E-state index in [4.69, 9.17) is 4.74 Å². The van der Waals surface area contributed by atoms with E-state index in [1.807, 2.05) is 61.2 Å². The van der Waals surface area contributed by atoms with Crippen LogP contribution < -0.4 is 10.1 Å². The predicted molar refractivity (Wildman–Crippen MR) is 105 cm³/mol. The van der Waals surface area contributed by atoms with E-state index >= 15 is 0 Å². The summed E-state index contributed by atoms with van der Waals surface area (Å²) in [6, 6.07) is 13.2. The molecule has 1 fully saturated rings. The molecule has 1 aliphatic rings. The molecule has 0 aliphatic carbocycles. The number of methoxy groups -OCH3 is 1. The van der Waals surface area contributed by atoms with Crippen molar-refractivity contribution in [1.82, 2.24) is 10.2 Å². The van der Waals surface area contributed by atoms with E-state index in [-0.39, 0.29) is 17.9 Å². The third kappa shape index (κ3) is 4.48. The molecule has 2 aromatic carbocycles. The van der Waals surface area contributed by atoms with Crippen LogP contribution in [0.2, 0.25) is 0 Å². The minimum atomic E-state index is -0.172.